The highest BCUT2D eigenvalue weighted by Crippen LogP contribution is 2.15. The van der Waals surface area contributed by atoms with Gasteiger partial charge in [-0.3, -0.25) is 4.79 Å². The van der Waals surface area contributed by atoms with E-state index in [1.54, 1.807) is 6.07 Å². The summed E-state index contributed by atoms with van der Waals surface area (Å²) in [5.74, 6) is 5.99. The number of aliphatic hydroxyl groups is 1. The van der Waals surface area contributed by atoms with Crippen molar-refractivity contribution in [2.24, 2.45) is 0 Å². The van der Waals surface area contributed by atoms with Crippen LogP contribution in [-0.4, -0.2) is 17.6 Å². The number of thiophene rings is 1. The maximum Gasteiger partial charge on any atom is 0.255 e. The Morgan fingerprint density at radius 2 is 2.40 bits per heavy atom. The zero-order chi connectivity index (χ0) is 14.4. The van der Waals surface area contributed by atoms with E-state index in [4.69, 9.17) is 9.52 Å². The lowest BCUT2D eigenvalue weighted by molar-refractivity contribution is 0.0949. The second-order valence-corrected chi connectivity index (χ2v) is 5.05. The molecule has 0 atom stereocenters. The van der Waals surface area contributed by atoms with Crippen molar-refractivity contribution in [1.29, 1.82) is 0 Å². The molecule has 2 aromatic heterocycles. The van der Waals surface area contributed by atoms with E-state index in [1.807, 2.05) is 18.4 Å². The van der Waals surface area contributed by atoms with Gasteiger partial charge >= 0.3 is 0 Å². The Labute approximate surface area is 121 Å². The molecular formula is C15H15NO3S. The average Bonchev–Trinajstić information content (AvgIpc) is 3.11. The molecule has 0 aromatic carbocycles. The van der Waals surface area contributed by atoms with Gasteiger partial charge < -0.3 is 14.8 Å². The van der Waals surface area contributed by atoms with Crippen molar-refractivity contribution in [3.63, 3.8) is 0 Å². The van der Waals surface area contributed by atoms with Crippen molar-refractivity contribution in [2.45, 2.75) is 19.9 Å². The molecule has 2 aromatic rings. The SMILES string of the molecule is CCc1occc1C(=O)NCc1cc(C#CCO)cs1. The first kappa shape index (κ1) is 14.4. The van der Waals surface area contributed by atoms with Gasteiger partial charge in [-0.1, -0.05) is 18.8 Å². The molecule has 0 aliphatic rings. The molecule has 2 rings (SSSR count). The van der Waals surface area contributed by atoms with Crippen LogP contribution in [0.1, 0.15) is 33.5 Å². The molecule has 104 valence electrons. The molecule has 2 N–H and O–H groups in total. The largest absolute Gasteiger partial charge is 0.469 e. The van der Waals surface area contributed by atoms with Crippen LogP contribution in [0.15, 0.2) is 28.2 Å². The zero-order valence-corrected chi connectivity index (χ0v) is 11.9. The second-order valence-electron chi connectivity index (χ2n) is 4.06. The fourth-order valence-electron chi connectivity index (χ4n) is 1.76. The molecule has 2 heterocycles. The van der Waals surface area contributed by atoms with Crippen molar-refractivity contribution in [3.05, 3.63) is 45.5 Å². The van der Waals surface area contributed by atoms with Crippen molar-refractivity contribution in [1.82, 2.24) is 5.32 Å². The topological polar surface area (TPSA) is 62.5 Å². The average molecular weight is 289 g/mol. The minimum Gasteiger partial charge on any atom is -0.469 e. The molecule has 5 heteroatoms. The van der Waals surface area contributed by atoms with Crippen LogP contribution in [0.3, 0.4) is 0 Å². The predicted octanol–water partition coefficient (Wildman–Crippen LogP) is 2.18. The van der Waals surface area contributed by atoms with Gasteiger partial charge in [-0.05, 0) is 12.1 Å². The van der Waals surface area contributed by atoms with E-state index in [-0.39, 0.29) is 12.5 Å². The second kappa shape index (κ2) is 6.94. The standard InChI is InChI=1S/C15H15NO3S/c1-2-14-13(5-7-19-14)15(18)16-9-12-8-11(10-20-12)4-3-6-17/h5,7-8,10,17H,2,6,9H2,1H3,(H,16,18). The van der Waals surface area contributed by atoms with Crippen LogP contribution < -0.4 is 5.32 Å². The summed E-state index contributed by atoms with van der Waals surface area (Å²) in [6, 6.07) is 3.59. The molecule has 0 radical (unpaired) electrons. The number of rotatable bonds is 4. The Bertz CT molecular complexity index is 645. The fraction of sp³-hybridized carbons (Fsp3) is 0.267. The molecule has 0 aliphatic carbocycles. The van der Waals surface area contributed by atoms with Gasteiger partial charge in [-0.15, -0.1) is 11.3 Å². The van der Waals surface area contributed by atoms with Crippen LogP contribution in [0.4, 0.5) is 0 Å². The van der Waals surface area contributed by atoms with Gasteiger partial charge in [-0.25, -0.2) is 0 Å². The summed E-state index contributed by atoms with van der Waals surface area (Å²) in [4.78, 5) is 13.0. The fourth-order valence-corrected chi connectivity index (χ4v) is 2.52. The highest BCUT2D eigenvalue weighted by Gasteiger charge is 2.12. The Morgan fingerprint density at radius 3 is 3.15 bits per heavy atom. The molecular weight excluding hydrogens is 274 g/mol. The maximum absolute atomic E-state index is 12.0. The molecule has 0 bridgehead atoms. The summed E-state index contributed by atoms with van der Waals surface area (Å²) < 4.78 is 5.24. The smallest absolute Gasteiger partial charge is 0.255 e. The van der Waals surface area contributed by atoms with Crippen molar-refractivity contribution >= 4 is 17.2 Å². The van der Waals surface area contributed by atoms with Crippen LogP contribution in [0.5, 0.6) is 0 Å². The number of aliphatic hydroxyl groups excluding tert-OH is 1. The molecule has 0 aliphatic heterocycles. The van der Waals surface area contributed by atoms with Gasteiger partial charge in [0.1, 0.15) is 12.4 Å². The molecule has 0 unspecified atom stereocenters. The first-order chi connectivity index (χ1) is 9.74. The van der Waals surface area contributed by atoms with E-state index < -0.39 is 0 Å². The van der Waals surface area contributed by atoms with E-state index in [0.717, 1.165) is 10.4 Å². The van der Waals surface area contributed by atoms with Crippen molar-refractivity contribution < 1.29 is 14.3 Å². The lowest BCUT2D eigenvalue weighted by Crippen LogP contribution is -2.22. The summed E-state index contributed by atoms with van der Waals surface area (Å²) in [6.07, 6.45) is 2.22. The monoisotopic (exact) mass is 289 g/mol. The number of furan rings is 1. The number of carbonyl (C=O) groups is 1. The van der Waals surface area contributed by atoms with E-state index in [9.17, 15) is 4.79 Å². The number of amides is 1. The summed E-state index contributed by atoms with van der Waals surface area (Å²) in [5.41, 5.74) is 1.44. The van der Waals surface area contributed by atoms with Gasteiger partial charge in [0.2, 0.25) is 0 Å². The highest BCUT2D eigenvalue weighted by atomic mass is 32.1. The first-order valence-electron chi connectivity index (χ1n) is 6.26. The molecule has 0 fully saturated rings. The van der Waals surface area contributed by atoms with Crippen LogP contribution in [-0.2, 0) is 13.0 Å². The molecule has 20 heavy (non-hydrogen) atoms. The Balaban J connectivity index is 1.95. The quantitative estimate of drug-likeness (QED) is 0.848. The van der Waals surface area contributed by atoms with Gasteiger partial charge in [0.05, 0.1) is 18.4 Å². The van der Waals surface area contributed by atoms with Crippen LogP contribution >= 0.6 is 11.3 Å². The van der Waals surface area contributed by atoms with Crippen molar-refractivity contribution in [2.75, 3.05) is 6.61 Å². The molecule has 0 saturated carbocycles. The zero-order valence-electron chi connectivity index (χ0n) is 11.1. The maximum atomic E-state index is 12.0. The Hall–Kier alpha value is -2.03. The van der Waals surface area contributed by atoms with E-state index in [1.165, 1.54) is 17.6 Å². The van der Waals surface area contributed by atoms with Gasteiger partial charge in [-0.2, -0.15) is 0 Å². The normalized spacial score (nSPS) is 9.90. The number of carbonyl (C=O) groups excluding carboxylic acids is 1. The Kier molecular flexibility index (Phi) is 4.99. The summed E-state index contributed by atoms with van der Waals surface area (Å²) in [6.45, 7) is 2.25. The minimum atomic E-state index is -0.151. The van der Waals surface area contributed by atoms with E-state index in [2.05, 4.69) is 17.2 Å². The van der Waals surface area contributed by atoms with E-state index >= 15 is 0 Å². The number of hydrogen-bond acceptors (Lipinski definition) is 4. The lowest BCUT2D eigenvalue weighted by atomic mass is 10.2. The third-order valence-corrected chi connectivity index (χ3v) is 3.64. The van der Waals surface area contributed by atoms with Gasteiger partial charge in [0.15, 0.2) is 0 Å². The van der Waals surface area contributed by atoms with Gasteiger partial charge in [0, 0.05) is 22.2 Å². The molecule has 1 amide bonds. The number of nitrogens with one attached hydrogen (secondary N) is 1. The highest BCUT2D eigenvalue weighted by molar-refractivity contribution is 7.10. The summed E-state index contributed by atoms with van der Waals surface area (Å²) in [5, 5.41) is 13.4. The van der Waals surface area contributed by atoms with Crippen LogP contribution in [0.2, 0.25) is 0 Å². The molecule has 0 spiro atoms. The first-order valence-corrected chi connectivity index (χ1v) is 7.14. The molecule has 4 nitrogen and oxygen atoms in total. The predicted molar refractivity (Wildman–Crippen MR) is 77.5 cm³/mol. The lowest BCUT2D eigenvalue weighted by Gasteiger charge is -2.02. The van der Waals surface area contributed by atoms with Gasteiger partial charge in [0.25, 0.3) is 5.91 Å². The van der Waals surface area contributed by atoms with E-state index in [0.29, 0.717) is 24.3 Å². The third-order valence-electron chi connectivity index (χ3n) is 2.70. The van der Waals surface area contributed by atoms with Crippen molar-refractivity contribution in [3.8, 4) is 11.8 Å². The molecule has 0 saturated heterocycles. The minimum absolute atomic E-state index is 0.132. The number of hydrogen-bond donors (Lipinski definition) is 2. The third kappa shape index (κ3) is 3.50. The Morgan fingerprint density at radius 1 is 1.55 bits per heavy atom. The van der Waals surface area contributed by atoms with Crippen LogP contribution in [0, 0.1) is 11.8 Å². The summed E-state index contributed by atoms with van der Waals surface area (Å²) in [7, 11) is 0. The number of aryl methyl sites for hydroxylation is 1. The van der Waals surface area contributed by atoms with Crippen LogP contribution in [0.25, 0.3) is 0 Å². The summed E-state index contributed by atoms with van der Waals surface area (Å²) >= 11 is 1.53.